The summed E-state index contributed by atoms with van der Waals surface area (Å²) in [6.07, 6.45) is 3.17. The fourth-order valence-corrected chi connectivity index (χ4v) is 2.52. The Morgan fingerprint density at radius 1 is 1.21 bits per heavy atom. The fourth-order valence-electron chi connectivity index (χ4n) is 1.80. The van der Waals surface area contributed by atoms with Crippen LogP contribution in [-0.4, -0.2) is 25.5 Å². The molecule has 0 heterocycles. The van der Waals surface area contributed by atoms with E-state index in [-0.39, 0.29) is 4.49 Å². The van der Waals surface area contributed by atoms with Crippen molar-refractivity contribution in [3.8, 4) is 11.5 Å². The number of hydrogen-bond donors (Lipinski definition) is 0. The van der Waals surface area contributed by atoms with Crippen LogP contribution in [0.3, 0.4) is 0 Å². The van der Waals surface area contributed by atoms with Crippen molar-refractivity contribution >= 4 is 44.8 Å². The number of rotatable bonds is 10. The Morgan fingerprint density at radius 2 is 1.96 bits per heavy atom. The van der Waals surface area contributed by atoms with E-state index in [1.807, 2.05) is 26.0 Å². The standard InChI is InChI=1S/C17H22BrCl2NO3/c1-4-13-10-14(22-9-6-16(19)20)11-15(18)17(13)23-7-5-8-24-21-12(2)3/h6,10-11H,4-5,7-9H2,1-3H3. The van der Waals surface area contributed by atoms with E-state index in [4.69, 9.17) is 37.5 Å². The molecule has 0 atom stereocenters. The summed E-state index contributed by atoms with van der Waals surface area (Å²) in [5, 5.41) is 3.88. The lowest BCUT2D eigenvalue weighted by molar-refractivity contribution is 0.127. The Bertz CT molecular complexity index is 583. The SMILES string of the molecule is CCc1cc(OCC=C(Cl)Cl)cc(Br)c1OCCCON=C(C)C. The van der Waals surface area contributed by atoms with Crippen LogP contribution in [-0.2, 0) is 11.3 Å². The zero-order valence-corrected chi connectivity index (χ0v) is 17.2. The molecule has 0 saturated heterocycles. The smallest absolute Gasteiger partial charge is 0.136 e. The number of ether oxygens (including phenoxy) is 2. The second kappa shape index (κ2) is 11.6. The van der Waals surface area contributed by atoms with Crippen LogP contribution in [0.25, 0.3) is 0 Å². The highest BCUT2D eigenvalue weighted by Gasteiger charge is 2.10. The van der Waals surface area contributed by atoms with Crippen molar-refractivity contribution in [2.45, 2.75) is 33.6 Å². The third-order valence-corrected chi connectivity index (χ3v) is 3.73. The highest BCUT2D eigenvalue weighted by atomic mass is 79.9. The molecular weight excluding hydrogens is 417 g/mol. The number of benzene rings is 1. The first-order valence-corrected chi connectivity index (χ1v) is 9.21. The third kappa shape index (κ3) is 8.27. The average Bonchev–Trinajstić information content (AvgIpc) is 2.51. The van der Waals surface area contributed by atoms with Gasteiger partial charge in [0.2, 0.25) is 0 Å². The normalized spacial score (nSPS) is 10.1. The second-order valence-electron chi connectivity index (χ2n) is 5.13. The maximum atomic E-state index is 5.88. The van der Waals surface area contributed by atoms with Crippen molar-refractivity contribution in [1.29, 1.82) is 0 Å². The quantitative estimate of drug-likeness (QED) is 0.259. The molecule has 0 saturated carbocycles. The van der Waals surface area contributed by atoms with E-state index >= 15 is 0 Å². The summed E-state index contributed by atoms with van der Waals surface area (Å²) in [7, 11) is 0. The van der Waals surface area contributed by atoms with Gasteiger partial charge in [-0.25, -0.2) is 0 Å². The number of hydrogen-bond acceptors (Lipinski definition) is 4. The van der Waals surface area contributed by atoms with Crippen LogP contribution in [0.15, 0.2) is 32.3 Å². The van der Waals surface area contributed by atoms with Crippen LogP contribution >= 0.6 is 39.1 Å². The van der Waals surface area contributed by atoms with Gasteiger partial charge in [-0.05, 0) is 60.0 Å². The van der Waals surface area contributed by atoms with E-state index in [1.165, 1.54) is 0 Å². The zero-order chi connectivity index (χ0) is 17.9. The molecule has 1 aromatic carbocycles. The molecule has 0 amide bonds. The average molecular weight is 439 g/mol. The molecule has 0 radical (unpaired) electrons. The fraction of sp³-hybridized carbons (Fsp3) is 0.471. The molecule has 0 aliphatic rings. The molecule has 0 bridgehead atoms. The predicted octanol–water partition coefficient (Wildman–Crippen LogP) is 5.89. The maximum absolute atomic E-state index is 5.88. The molecule has 0 N–H and O–H groups in total. The molecule has 4 nitrogen and oxygen atoms in total. The maximum Gasteiger partial charge on any atom is 0.136 e. The van der Waals surface area contributed by atoms with Crippen LogP contribution in [0.1, 0.15) is 32.8 Å². The molecule has 1 rings (SSSR count). The van der Waals surface area contributed by atoms with Gasteiger partial charge >= 0.3 is 0 Å². The summed E-state index contributed by atoms with van der Waals surface area (Å²) in [6, 6.07) is 3.82. The molecule has 0 aliphatic carbocycles. The first kappa shape index (κ1) is 21.1. The van der Waals surface area contributed by atoms with Gasteiger partial charge in [0.15, 0.2) is 0 Å². The Balaban J connectivity index is 2.60. The molecule has 0 aromatic heterocycles. The lowest BCUT2D eigenvalue weighted by Gasteiger charge is -2.14. The van der Waals surface area contributed by atoms with Crippen LogP contribution in [0.2, 0.25) is 0 Å². The lowest BCUT2D eigenvalue weighted by Crippen LogP contribution is -2.05. The summed E-state index contributed by atoms with van der Waals surface area (Å²) < 4.78 is 12.5. The lowest BCUT2D eigenvalue weighted by atomic mass is 10.1. The molecule has 24 heavy (non-hydrogen) atoms. The van der Waals surface area contributed by atoms with Gasteiger partial charge in [0.25, 0.3) is 0 Å². The van der Waals surface area contributed by atoms with E-state index in [1.54, 1.807) is 6.08 Å². The first-order chi connectivity index (χ1) is 11.4. The van der Waals surface area contributed by atoms with Crippen LogP contribution in [0.5, 0.6) is 11.5 Å². The molecule has 1 aromatic rings. The molecule has 0 spiro atoms. The molecule has 0 fully saturated rings. The molecule has 134 valence electrons. The van der Waals surface area contributed by atoms with E-state index in [0.717, 1.165) is 40.1 Å². The van der Waals surface area contributed by atoms with E-state index in [9.17, 15) is 0 Å². The summed E-state index contributed by atoms with van der Waals surface area (Å²) in [5.41, 5.74) is 1.96. The third-order valence-electron chi connectivity index (χ3n) is 2.84. The van der Waals surface area contributed by atoms with Gasteiger partial charge in [-0.2, -0.15) is 0 Å². The topological polar surface area (TPSA) is 40.0 Å². The molecule has 0 unspecified atom stereocenters. The number of aryl methyl sites for hydroxylation is 1. The zero-order valence-electron chi connectivity index (χ0n) is 14.1. The number of halogens is 3. The number of oxime groups is 1. The highest BCUT2D eigenvalue weighted by Crippen LogP contribution is 2.34. The van der Waals surface area contributed by atoms with Gasteiger partial charge < -0.3 is 14.3 Å². The Morgan fingerprint density at radius 3 is 2.58 bits per heavy atom. The monoisotopic (exact) mass is 437 g/mol. The molecular formula is C17H22BrCl2NO3. The van der Waals surface area contributed by atoms with Crippen molar-refractivity contribution < 1.29 is 14.3 Å². The van der Waals surface area contributed by atoms with Gasteiger partial charge in [-0.15, -0.1) is 0 Å². The Kier molecular flexibility index (Phi) is 10.2. The van der Waals surface area contributed by atoms with E-state index < -0.39 is 0 Å². The highest BCUT2D eigenvalue weighted by molar-refractivity contribution is 9.10. The minimum absolute atomic E-state index is 0.189. The van der Waals surface area contributed by atoms with Crippen molar-refractivity contribution in [1.82, 2.24) is 0 Å². The largest absolute Gasteiger partial charge is 0.492 e. The summed E-state index contributed by atoms with van der Waals surface area (Å²) in [5.74, 6) is 1.55. The minimum atomic E-state index is 0.189. The van der Waals surface area contributed by atoms with Crippen molar-refractivity contribution in [2.24, 2.45) is 5.16 Å². The molecule has 0 aliphatic heterocycles. The van der Waals surface area contributed by atoms with Crippen LogP contribution in [0.4, 0.5) is 0 Å². The van der Waals surface area contributed by atoms with Crippen molar-refractivity contribution in [3.05, 3.63) is 32.7 Å². The van der Waals surface area contributed by atoms with Gasteiger partial charge in [-0.3, -0.25) is 0 Å². The number of nitrogens with zero attached hydrogens (tertiary/aromatic N) is 1. The minimum Gasteiger partial charge on any atom is -0.492 e. The first-order valence-electron chi connectivity index (χ1n) is 7.66. The van der Waals surface area contributed by atoms with Crippen molar-refractivity contribution in [3.63, 3.8) is 0 Å². The van der Waals surface area contributed by atoms with Gasteiger partial charge in [0, 0.05) is 6.42 Å². The Labute approximate surface area is 161 Å². The van der Waals surface area contributed by atoms with E-state index in [2.05, 4.69) is 28.0 Å². The van der Waals surface area contributed by atoms with Gasteiger partial charge in [-0.1, -0.05) is 35.3 Å². The second-order valence-corrected chi connectivity index (χ2v) is 6.99. The van der Waals surface area contributed by atoms with E-state index in [0.29, 0.717) is 19.8 Å². The summed E-state index contributed by atoms with van der Waals surface area (Å²) >= 11 is 14.7. The van der Waals surface area contributed by atoms with Crippen molar-refractivity contribution in [2.75, 3.05) is 19.8 Å². The molecule has 7 heteroatoms. The van der Waals surface area contributed by atoms with Crippen LogP contribution in [0, 0.1) is 0 Å². The van der Waals surface area contributed by atoms with Gasteiger partial charge in [0.1, 0.15) is 29.2 Å². The summed E-state index contributed by atoms with van der Waals surface area (Å²) in [4.78, 5) is 5.15. The Hall–Kier alpha value is -0.910. The van der Waals surface area contributed by atoms with Gasteiger partial charge in [0.05, 0.1) is 16.8 Å². The predicted molar refractivity (Wildman–Crippen MR) is 104 cm³/mol. The summed E-state index contributed by atoms with van der Waals surface area (Å²) in [6.45, 7) is 7.23. The van der Waals surface area contributed by atoms with Crippen LogP contribution < -0.4 is 9.47 Å².